The van der Waals surface area contributed by atoms with Crippen LogP contribution in [0.5, 0.6) is 5.75 Å². The summed E-state index contributed by atoms with van der Waals surface area (Å²) in [5.41, 5.74) is 0.317. The Morgan fingerprint density at radius 1 is 1.17 bits per heavy atom. The minimum Gasteiger partial charge on any atom is -0.423 e. The van der Waals surface area contributed by atoms with Crippen LogP contribution in [0.3, 0.4) is 0 Å². The third-order valence-electron chi connectivity index (χ3n) is 3.97. The Bertz CT molecular complexity index is 1080. The van der Waals surface area contributed by atoms with Gasteiger partial charge in [0.1, 0.15) is 12.1 Å². The van der Waals surface area contributed by atoms with Gasteiger partial charge in [-0.05, 0) is 48.2 Å². The lowest BCUT2D eigenvalue weighted by Crippen LogP contribution is -2.09. The normalized spacial score (nSPS) is 10.6. The van der Waals surface area contributed by atoms with Crippen molar-refractivity contribution >= 4 is 29.2 Å². The SMILES string of the molecule is CCC(=O)c1ccc(OC(=O)c2ccc(Sc3nncn3C)c([N+](=O)[O-])c2)cc1. The molecule has 2 aromatic carbocycles. The smallest absolute Gasteiger partial charge is 0.343 e. The van der Waals surface area contributed by atoms with E-state index in [0.717, 1.165) is 17.8 Å². The van der Waals surface area contributed by atoms with E-state index in [0.29, 0.717) is 22.0 Å². The van der Waals surface area contributed by atoms with Crippen molar-refractivity contribution in [2.24, 2.45) is 7.05 Å². The molecule has 0 aliphatic heterocycles. The second kappa shape index (κ2) is 8.65. The predicted octanol–water partition coefficient (Wildman–Crippen LogP) is 3.69. The van der Waals surface area contributed by atoms with Gasteiger partial charge in [-0.1, -0.05) is 6.92 Å². The van der Waals surface area contributed by atoms with Gasteiger partial charge in [0.05, 0.1) is 15.4 Å². The molecule has 0 unspecified atom stereocenters. The summed E-state index contributed by atoms with van der Waals surface area (Å²) in [7, 11) is 1.72. The first kappa shape index (κ1) is 20.2. The van der Waals surface area contributed by atoms with E-state index >= 15 is 0 Å². The molecule has 1 aromatic heterocycles. The summed E-state index contributed by atoms with van der Waals surface area (Å²) < 4.78 is 6.89. The maximum Gasteiger partial charge on any atom is 0.343 e. The number of carbonyl (C=O) groups is 2. The van der Waals surface area contributed by atoms with Gasteiger partial charge in [-0.2, -0.15) is 0 Å². The summed E-state index contributed by atoms with van der Waals surface area (Å²) in [6.45, 7) is 1.76. The van der Waals surface area contributed by atoms with E-state index in [1.54, 1.807) is 30.7 Å². The average molecular weight is 412 g/mol. The predicted molar refractivity (Wildman–Crippen MR) is 104 cm³/mol. The Kier molecular flexibility index (Phi) is 6.03. The zero-order valence-corrected chi connectivity index (χ0v) is 16.4. The summed E-state index contributed by atoms with van der Waals surface area (Å²) in [4.78, 5) is 35.3. The zero-order valence-electron chi connectivity index (χ0n) is 15.6. The van der Waals surface area contributed by atoms with E-state index < -0.39 is 10.9 Å². The van der Waals surface area contributed by atoms with Crippen LogP contribution in [0.15, 0.2) is 58.8 Å². The molecule has 29 heavy (non-hydrogen) atoms. The van der Waals surface area contributed by atoms with E-state index in [4.69, 9.17) is 4.74 Å². The molecular formula is C19H16N4O5S. The molecule has 0 radical (unpaired) electrons. The number of carbonyl (C=O) groups excluding carboxylic acids is 2. The van der Waals surface area contributed by atoms with Crippen LogP contribution in [0.4, 0.5) is 5.69 Å². The van der Waals surface area contributed by atoms with Gasteiger partial charge in [0.25, 0.3) is 5.69 Å². The molecule has 0 atom stereocenters. The molecular weight excluding hydrogens is 396 g/mol. The van der Waals surface area contributed by atoms with E-state index in [2.05, 4.69) is 10.2 Å². The van der Waals surface area contributed by atoms with Gasteiger partial charge >= 0.3 is 5.97 Å². The number of ketones is 1. The molecule has 0 saturated heterocycles. The van der Waals surface area contributed by atoms with Crippen molar-refractivity contribution in [3.8, 4) is 5.75 Å². The second-order valence-electron chi connectivity index (χ2n) is 5.96. The molecule has 148 valence electrons. The highest BCUT2D eigenvalue weighted by molar-refractivity contribution is 7.99. The number of ether oxygens (including phenoxy) is 1. The van der Waals surface area contributed by atoms with Gasteiger partial charge in [0.2, 0.25) is 0 Å². The van der Waals surface area contributed by atoms with E-state index in [1.165, 1.54) is 30.6 Å². The second-order valence-corrected chi connectivity index (χ2v) is 6.97. The lowest BCUT2D eigenvalue weighted by Gasteiger charge is -2.07. The number of aryl methyl sites for hydroxylation is 1. The third kappa shape index (κ3) is 4.66. The molecule has 3 rings (SSSR count). The molecule has 10 heteroatoms. The van der Waals surface area contributed by atoms with Crippen LogP contribution in [0.2, 0.25) is 0 Å². The first-order valence-corrected chi connectivity index (χ1v) is 9.36. The molecule has 9 nitrogen and oxygen atoms in total. The fourth-order valence-electron chi connectivity index (χ4n) is 2.42. The zero-order chi connectivity index (χ0) is 21.0. The molecule has 1 heterocycles. The molecule has 0 aliphatic carbocycles. The van der Waals surface area contributed by atoms with Crippen LogP contribution >= 0.6 is 11.8 Å². The number of rotatable bonds is 7. The van der Waals surface area contributed by atoms with Gasteiger partial charge in [-0.25, -0.2) is 4.79 Å². The lowest BCUT2D eigenvalue weighted by molar-refractivity contribution is -0.387. The van der Waals surface area contributed by atoms with Crippen molar-refractivity contribution in [2.45, 2.75) is 23.4 Å². The summed E-state index contributed by atoms with van der Waals surface area (Å²) in [5, 5.41) is 19.6. The molecule has 0 fully saturated rings. The van der Waals surface area contributed by atoms with E-state index in [-0.39, 0.29) is 22.8 Å². The first-order valence-electron chi connectivity index (χ1n) is 8.54. The monoisotopic (exact) mass is 412 g/mol. The fraction of sp³-hybridized carbons (Fsp3) is 0.158. The summed E-state index contributed by atoms with van der Waals surface area (Å²) >= 11 is 1.07. The number of nitro benzene ring substituents is 1. The maximum absolute atomic E-state index is 12.4. The van der Waals surface area contributed by atoms with Gasteiger partial charge in [-0.3, -0.25) is 14.9 Å². The molecule has 0 spiro atoms. The van der Waals surface area contributed by atoms with Crippen LogP contribution < -0.4 is 4.74 Å². The van der Waals surface area contributed by atoms with Crippen LogP contribution in [0.25, 0.3) is 0 Å². The molecule has 0 saturated carbocycles. The van der Waals surface area contributed by atoms with Crippen molar-refractivity contribution in [2.75, 3.05) is 0 Å². The summed E-state index contributed by atoms with van der Waals surface area (Å²) in [6, 6.07) is 10.2. The van der Waals surface area contributed by atoms with Gasteiger partial charge < -0.3 is 9.30 Å². The lowest BCUT2D eigenvalue weighted by atomic mass is 10.1. The van der Waals surface area contributed by atoms with Crippen LogP contribution in [0, 0.1) is 10.1 Å². The fourth-order valence-corrected chi connectivity index (χ4v) is 3.27. The largest absolute Gasteiger partial charge is 0.423 e. The van der Waals surface area contributed by atoms with Crippen molar-refractivity contribution in [3.63, 3.8) is 0 Å². The maximum atomic E-state index is 12.4. The Hall–Kier alpha value is -3.53. The number of nitrogens with zero attached hydrogens (tertiary/aromatic N) is 4. The van der Waals surface area contributed by atoms with Gasteiger partial charge in [0.15, 0.2) is 10.9 Å². The number of esters is 1. The van der Waals surface area contributed by atoms with Crippen molar-refractivity contribution < 1.29 is 19.2 Å². The number of benzene rings is 2. The van der Waals surface area contributed by atoms with Crippen LogP contribution in [0.1, 0.15) is 34.1 Å². The molecule has 0 amide bonds. The highest BCUT2D eigenvalue weighted by atomic mass is 32.2. The quantitative estimate of drug-likeness (QED) is 0.190. The highest BCUT2D eigenvalue weighted by Gasteiger charge is 2.21. The minimum atomic E-state index is -0.738. The van der Waals surface area contributed by atoms with Crippen molar-refractivity contribution in [1.29, 1.82) is 0 Å². The Labute approximate surface area is 169 Å². The van der Waals surface area contributed by atoms with Crippen molar-refractivity contribution in [1.82, 2.24) is 14.8 Å². The van der Waals surface area contributed by atoms with Crippen molar-refractivity contribution in [3.05, 3.63) is 70.0 Å². The van der Waals surface area contributed by atoms with Gasteiger partial charge in [-0.15, -0.1) is 10.2 Å². The standard InChI is InChI=1S/C19H16N4O5S/c1-3-16(24)12-4-7-14(8-5-12)28-18(25)13-6-9-17(15(10-13)23(26)27)29-19-21-20-11-22(19)2/h4-11H,3H2,1-2H3. The molecule has 0 N–H and O–H groups in total. The molecule has 0 aliphatic rings. The first-order chi connectivity index (χ1) is 13.9. The third-order valence-corrected chi connectivity index (χ3v) is 5.09. The Morgan fingerprint density at radius 3 is 2.45 bits per heavy atom. The van der Waals surface area contributed by atoms with Crippen LogP contribution in [-0.4, -0.2) is 31.4 Å². The minimum absolute atomic E-state index is 0.0190. The number of hydrogen-bond donors (Lipinski definition) is 0. The topological polar surface area (TPSA) is 117 Å². The summed E-state index contributed by atoms with van der Waals surface area (Å²) in [5.74, 6) is -0.518. The number of hydrogen-bond acceptors (Lipinski definition) is 8. The summed E-state index contributed by atoms with van der Waals surface area (Å²) in [6.07, 6.45) is 1.86. The Morgan fingerprint density at radius 2 is 1.86 bits per heavy atom. The number of Topliss-reactive ketones (excluding diaryl/α,β-unsaturated/α-hetero) is 1. The average Bonchev–Trinajstić information content (AvgIpc) is 3.12. The number of nitro groups is 1. The highest BCUT2D eigenvalue weighted by Crippen LogP contribution is 2.34. The molecule has 0 bridgehead atoms. The van der Waals surface area contributed by atoms with E-state index in [1.807, 2.05) is 0 Å². The Balaban J connectivity index is 1.80. The number of aromatic nitrogens is 3. The van der Waals surface area contributed by atoms with Gasteiger partial charge in [0, 0.05) is 25.1 Å². The van der Waals surface area contributed by atoms with E-state index in [9.17, 15) is 19.7 Å². The molecule has 3 aromatic rings. The van der Waals surface area contributed by atoms with Crippen LogP contribution in [-0.2, 0) is 7.05 Å².